The van der Waals surface area contributed by atoms with E-state index in [4.69, 9.17) is 0 Å². The minimum Gasteiger partial charge on any atom is -0.348 e. The first-order valence-electron chi connectivity index (χ1n) is 11.6. The van der Waals surface area contributed by atoms with Gasteiger partial charge in [-0.3, -0.25) is 9.59 Å². The third-order valence-corrected chi connectivity index (χ3v) is 8.35. The standard InChI is InChI=1S/C25H31N3O4S/c1-19-7-12-22(33(31,32)28-15-3-2-4-16-28)17-23(19)24(29)26-18-20-8-10-21(11-9-20)25(30)27-13-5-6-14-27/h7-12,17H,2-6,13-16,18H2,1H3,(H,26,29). The fourth-order valence-corrected chi connectivity index (χ4v) is 5.95. The fraction of sp³-hybridized carbons (Fsp3) is 0.440. The van der Waals surface area contributed by atoms with E-state index in [1.165, 1.54) is 10.4 Å². The third kappa shape index (κ3) is 5.28. The number of nitrogens with one attached hydrogen (secondary N) is 1. The largest absolute Gasteiger partial charge is 0.348 e. The predicted octanol–water partition coefficient (Wildman–Crippen LogP) is 3.34. The Morgan fingerprint density at radius 1 is 0.879 bits per heavy atom. The second-order valence-corrected chi connectivity index (χ2v) is 10.8. The lowest BCUT2D eigenvalue weighted by Crippen LogP contribution is -2.35. The molecule has 2 amide bonds. The zero-order chi connectivity index (χ0) is 23.4. The van der Waals surface area contributed by atoms with E-state index in [1.54, 1.807) is 31.2 Å². The van der Waals surface area contributed by atoms with Gasteiger partial charge in [0.05, 0.1) is 4.90 Å². The van der Waals surface area contributed by atoms with Crippen molar-refractivity contribution >= 4 is 21.8 Å². The molecule has 33 heavy (non-hydrogen) atoms. The highest BCUT2D eigenvalue weighted by atomic mass is 32.2. The average Bonchev–Trinajstić information content (AvgIpc) is 3.38. The van der Waals surface area contributed by atoms with Crippen molar-refractivity contribution in [2.24, 2.45) is 0 Å². The van der Waals surface area contributed by atoms with Crippen LogP contribution < -0.4 is 5.32 Å². The molecule has 8 heteroatoms. The van der Waals surface area contributed by atoms with E-state index >= 15 is 0 Å². The number of benzene rings is 2. The summed E-state index contributed by atoms with van der Waals surface area (Å²) >= 11 is 0. The highest BCUT2D eigenvalue weighted by Crippen LogP contribution is 2.23. The number of hydrogen-bond donors (Lipinski definition) is 1. The van der Waals surface area contributed by atoms with Crippen molar-refractivity contribution in [3.8, 4) is 0 Å². The molecule has 176 valence electrons. The number of carbonyl (C=O) groups is 2. The molecule has 2 heterocycles. The highest BCUT2D eigenvalue weighted by molar-refractivity contribution is 7.89. The van der Waals surface area contributed by atoms with Gasteiger partial charge >= 0.3 is 0 Å². The number of piperidine rings is 1. The maximum atomic E-state index is 13.0. The zero-order valence-corrected chi connectivity index (χ0v) is 19.9. The molecule has 2 fully saturated rings. The molecular formula is C25H31N3O4S. The first-order chi connectivity index (χ1) is 15.9. The lowest BCUT2D eigenvalue weighted by Gasteiger charge is -2.26. The smallest absolute Gasteiger partial charge is 0.253 e. The Kier molecular flexibility index (Phi) is 7.14. The Morgan fingerprint density at radius 3 is 2.18 bits per heavy atom. The van der Waals surface area contributed by atoms with Crippen LogP contribution in [0.1, 0.15) is 63.9 Å². The molecule has 0 aromatic heterocycles. The number of likely N-dealkylation sites (tertiary alicyclic amines) is 1. The molecule has 0 saturated carbocycles. The van der Waals surface area contributed by atoms with Gasteiger partial charge in [-0.05, 0) is 68.0 Å². The van der Waals surface area contributed by atoms with Gasteiger partial charge in [-0.25, -0.2) is 8.42 Å². The molecule has 4 rings (SSSR count). The molecule has 0 radical (unpaired) electrons. The molecule has 7 nitrogen and oxygen atoms in total. The van der Waals surface area contributed by atoms with Crippen LogP contribution in [0, 0.1) is 6.92 Å². The quantitative estimate of drug-likeness (QED) is 0.703. The van der Waals surface area contributed by atoms with Gasteiger partial charge in [0.15, 0.2) is 0 Å². The maximum absolute atomic E-state index is 13.0. The van der Waals surface area contributed by atoms with Crippen LogP contribution in [0.3, 0.4) is 0 Å². The third-order valence-electron chi connectivity index (χ3n) is 6.45. The summed E-state index contributed by atoms with van der Waals surface area (Å²) in [5, 5.41) is 2.88. The number of carbonyl (C=O) groups excluding carboxylic acids is 2. The Morgan fingerprint density at radius 2 is 1.52 bits per heavy atom. The van der Waals surface area contributed by atoms with E-state index < -0.39 is 10.0 Å². The Hall–Kier alpha value is -2.71. The van der Waals surface area contributed by atoms with Crippen molar-refractivity contribution in [2.75, 3.05) is 26.2 Å². The summed E-state index contributed by atoms with van der Waals surface area (Å²) in [5.41, 5.74) is 2.60. The molecule has 1 N–H and O–H groups in total. The summed E-state index contributed by atoms with van der Waals surface area (Å²) < 4.78 is 27.5. The van der Waals surface area contributed by atoms with Crippen LogP contribution in [0.4, 0.5) is 0 Å². The van der Waals surface area contributed by atoms with E-state index in [-0.39, 0.29) is 16.7 Å². The van der Waals surface area contributed by atoms with Gasteiger partial charge in [0.2, 0.25) is 10.0 Å². The minimum absolute atomic E-state index is 0.0467. The molecule has 0 bridgehead atoms. The number of rotatable bonds is 6. The lowest BCUT2D eigenvalue weighted by atomic mass is 10.1. The summed E-state index contributed by atoms with van der Waals surface area (Å²) in [6.07, 6.45) is 4.87. The van der Waals surface area contributed by atoms with Crippen LogP contribution in [0.15, 0.2) is 47.4 Å². The molecule has 0 atom stereocenters. The van der Waals surface area contributed by atoms with Gasteiger partial charge in [-0.1, -0.05) is 24.6 Å². The van der Waals surface area contributed by atoms with Crippen molar-refractivity contribution in [2.45, 2.75) is 50.5 Å². The van der Waals surface area contributed by atoms with E-state index in [0.717, 1.165) is 56.3 Å². The normalized spacial score (nSPS) is 17.2. The SMILES string of the molecule is Cc1ccc(S(=O)(=O)N2CCCCC2)cc1C(=O)NCc1ccc(C(=O)N2CCCC2)cc1. The van der Waals surface area contributed by atoms with Gasteiger partial charge in [0.25, 0.3) is 11.8 Å². The molecule has 0 unspecified atom stereocenters. The topological polar surface area (TPSA) is 86.8 Å². The van der Waals surface area contributed by atoms with Crippen LogP contribution in [-0.4, -0.2) is 55.6 Å². The first kappa shape index (κ1) is 23.4. The lowest BCUT2D eigenvalue weighted by molar-refractivity contribution is 0.0792. The van der Waals surface area contributed by atoms with Gasteiger partial charge in [-0.15, -0.1) is 0 Å². The van der Waals surface area contributed by atoms with Crippen LogP contribution in [-0.2, 0) is 16.6 Å². The van der Waals surface area contributed by atoms with E-state index in [2.05, 4.69) is 5.32 Å². The summed E-state index contributed by atoms with van der Waals surface area (Å²) in [7, 11) is -3.60. The number of hydrogen-bond acceptors (Lipinski definition) is 4. The molecule has 2 aromatic carbocycles. The molecule has 0 aliphatic carbocycles. The van der Waals surface area contributed by atoms with Crippen LogP contribution in [0.25, 0.3) is 0 Å². The van der Waals surface area contributed by atoms with Crippen molar-refractivity contribution in [3.63, 3.8) is 0 Å². The average molecular weight is 470 g/mol. The summed E-state index contributed by atoms with van der Waals surface area (Å²) in [6.45, 7) is 4.75. The Labute approximate surface area is 195 Å². The van der Waals surface area contributed by atoms with Crippen molar-refractivity contribution < 1.29 is 18.0 Å². The summed E-state index contributed by atoms with van der Waals surface area (Å²) in [5.74, 6) is -0.272. The molecular weight excluding hydrogens is 438 g/mol. The van der Waals surface area contributed by atoms with Crippen molar-refractivity contribution in [1.29, 1.82) is 0 Å². The van der Waals surface area contributed by atoms with Gasteiger partial charge < -0.3 is 10.2 Å². The van der Waals surface area contributed by atoms with Crippen molar-refractivity contribution in [3.05, 3.63) is 64.7 Å². The Balaban J connectivity index is 1.42. The molecule has 2 aromatic rings. The van der Waals surface area contributed by atoms with E-state index in [9.17, 15) is 18.0 Å². The second kappa shape index (κ2) is 10.1. The van der Waals surface area contributed by atoms with Crippen LogP contribution in [0.2, 0.25) is 0 Å². The van der Waals surface area contributed by atoms with Gasteiger partial charge in [0.1, 0.15) is 0 Å². The monoisotopic (exact) mass is 469 g/mol. The zero-order valence-electron chi connectivity index (χ0n) is 19.0. The molecule has 0 spiro atoms. The predicted molar refractivity (Wildman–Crippen MR) is 127 cm³/mol. The van der Waals surface area contributed by atoms with E-state index in [1.807, 2.05) is 17.0 Å². The molecule has 2 aliphatic heterocycles. The molecule has 2 saturated heterocycles. The van der Waals surface area contributed by atoms with Gasteiger partial charge in [-0.2, -0.15) is 4.31 Å². The van der Waals surface area contributed by atoms with E-state index in [0.29, 0.717) is 30.8 Å². The molecule has 2 aliphatic rings. The second-order valence-electron chi connectivity index (χ2n) is 8.82. The Bertz CT molecular complexity index is 1120. The van der Waals surface area contributed by atoms with Crippen LogP contribution in [0.5, 0.6) is 0 Å². The number of amides is 2. The van der Waals surface area contributed by atoms with Crippen molar-refractivity contribution in [1.82, 2.24) is 14.5 Å². The maximum Gasteiger partial charge on any atom is 0.253 e. The first-order valence-corrected chi connectivity index (χ1v) is 13.1. The van der Waals surface area contributed by atoms with Crippen LogP contribution >= 0.6 is 0 Å². The summed E-state index contributed by atoms with van der Waals surface area (Å²) in [6, 6.07) is 12.0. The fourth-order valence-electron chi connectivity index (χ4n) is 4.41. The van der Waals surface area contributed by atoms with Gasteiger partial charge in [0, 0.05) is 43.9 Å². The summed E-state index contributed by atoms with van der Waals surface area (Å²) in [4.78, 5) is 27.4. The number of sulfonamides is 1. The minimum atomic E-state index is -3.60. The highest BCUT2D eigenvalue weighted by Gasteiger charge is 2.27. The number of aryl methyl sites for hydroxylation is 1. The number of nitrogens with zero attached hydrogens (tertiary/aromatic N) is 2.